The van der Waals surface area contributed by atoms with Crippen LogP contribution in [0.4, 0.5) is 0 Å². The van der Waals surface area contributed by atoms with E-state index in [1.54, 1.807) is 19.1 Å². The van der Waals surface area contributed by atoms with Crippen molar-refractivity contribution in [3.05, 3.63) is 64.2 Å². The van der Waals surface area contributed by atoms with Crippen molar-refractivity contribution in [2.45, 2.75) is 46.7 Å². The first-order chi connectivity index (χ1) is 13.8. The van der Waals surface area contributed by atoms with Gasteiger partial charge in [-0.25, -0.2) is 0 Å². The van der Waals surface area contributed by atoms with Gasteiger partial charge in [0.2, 0.25) is 5.91 Å². The van der Waals surface area contributed by atoms with Crippen molar-refractivity contribution in [2.24, 2.45) is 0 Å². The molecule has 29 heavy (non-hydrogen) atoms. The van der Waals surface area contributed by atoms with E-state index in [2.05, 4.69) is 5.32 Å². The molecule has 0 fully saturated rings. The van der Waals surface area contributed by atoms with E-state index in [1.165, 1.54) is 4.90 Å². The molecule has 1 atom stereocenters. The largest absolute Gasteiger partial charge is 0.484 e. The monoisotopic (exact) mass is 416 g/mol. The molecule has 5 nitrogen and oxygen atoms in total. The van der Waals surface area contributed by atoms with E-state index < -0.39 is 6.04 Å². The molecule has 0 saturated carbocycles. The minimum atomic E-state index is -0.618. The molecule has 0 aliphatic rings. The molecule has 156 valence electrons. The fourth-order valence-electron chi connectivity index (χ4n) is 3.01. The third kappa shape index (κ3) is 7.09. The number of amides is 2. The summed E-state index contributed by atoms with van der Waals surface area (Å²) >= 11 is 5.96. The predicted molar refractivity (Wildman–Crippen MR) is 116 cm³/mol. The number of aryl methyl sites for hydroxylation is 2. The van der Waals surface area contributed by atoms with Crippen LogP contribution in [0.3, 0.4) is 0 Å². The molecule has 2 aromatic rings. The third-order valence-corrected chi connectivity index (χ3v) is 4.79. The van der Waals surface area contributed by atoms with Gasteiger partial charge < -0.3 is 15.0 Å². The summed E-state index contributed by atoms with van der Waals surface area (Å²) in [7, 11) is 0. The topological polar surface area (TPSA) is 58.6 Å². The van der Waals surface area contributed by atoms with Crippen LogP contribution in [0.5, 0.6) is 5.75 Å². The first-order valence-corrected chi connectivity index (χ1v) is 10.2. The van der Waals surface area contributed by atoms with Crippen LogP contribution in [0.2, 0.25) is 5.02 Å². The van der Waals surface area contributed by atoms with Crippen LogP contribution in [0.25, 0.3) is 0 Å². The van der Waals surface area contributed by atoms with Crippen LogP contribution in [0.1, 0.15) is 37.0 Å². The van der Waals surface area contributed by atoms with Gasteiger partial charge in [-0.3, -0.25) is 9.59 Å². The number of halogens is 1. The molecule has 0 saturated heterocycles. The van der Waals surface area contributed by atoms with Gasteiger partial charge in [-0.1, -0.05) is 36.7 Å². The Hall–Kier alpha value is -2.53. The summed E-state index contributed by atoms with van der Waals surface area (Å²) in [6.07, 6.45) is 0.833. The van der Waals surface area contributed by atoms with Crippen LogP contribution < -0.4 is 10.1 Å². The Bertz CT molecular complexity index is 816. The maximum Gasteiger partial charge on any atom is 0.261 e. The van der Waals surface area contributed by atoms with Gasteiger partial charge in [0.25, 0.3) is 5.91 Å². The highest BCUT2D eigenvalue weighted by Gasteiger charge is 2.26. The molecule has 0 aromatic heterocycles. The lowest BCUT2D eigenvalue weighted by molar-refractivity contribution is -0.142. The van der Waals surface area contributed by atoms with Crippen molar-refractivity contribution < 1.29 is 14.3 Å². The molecule has 0 spiro atoms. The number of hydrogen-bond acceptors (Lipinski definition) is 3. The van der Waals surface area contributed by atoms with E-state index in [-0.39, 0.29) is 18.4 Å². The van der Waals surface area contributed by atoms with E-state index >= 15 is 0 Å². The molecule has 2 aromatic carbocycles. The minimum Gasteiger partial charge on any atom is -0.484 e. The molecular weight excluding hydrogens is 388 g/mol. The van der Waals surface area contributed by atoms with Gasteiger partial charge in [0.05, 0.1) is 0 Å². The Morgan fingerprint density at radius 1 is 1.10 bits per heavy atom. The summed E-state index contributed by atoms with van der Waals surface area (Å²) in [5.41, 5.74) is 3.03. The predicted octanol–water partition coefficient (Wildman–Crippen LogP) is 4.28. The first-order valence-electron chi connectivity index (χ1n) is 9.83. The third-order valence-electron chi connectivity index (χ3n) is 4.54. The normalized spacial score (nSPS) is 11.6. The standard InChI is InChI=1S/C23H29ClN2O3/c1-5-10-25-23(28)18(4)26(14-19-6-8-20(24)9-7-19)22(27)15-29-21-12-16(2)11-17(3)13-21/h6-9,11-13,18H,5,10,14-15H2,1-4H3,(H,25,28). The smallest absolute Gasteiger partial charge is 0.261 e. The maximum atomic E-state index is 13.0. The molecule has 0 aliphatic carbocycles. The number of nitrogens with one attached hydrogen (secondary N) is 1. The van der Waals surface area contributed by atoms with E-state index in [9.17, 15) is 9.59 Å². The summed E-state index contributed by atoms with van der Waals surface area (Å²) < 4.78 is 5.73. The zero-order valence-corrected chi connectivity index (χ0v) is 18.3. The second-order valence-electron chi connectivity index (χ2n) is 7.23. The second-order valence-corrected chi connectivity index (χ2v) is 7.66. The Morgan fingerprint density at radius 3 is 2.31 bits per heavy atom. The zero-order valence-electron chi connectivity index (χ0n) is 17.5. The van der Waals surface area contributed by atoms with E-state index in [4.69, 9.17) is 16.3 Å². The fourth-order valence-corrected chi connectivity index (χ4v) is 3.14. The van der Waals surface area contributed by atoms with Gasteiger partial charge in [0.1, 0.15) is 11.8 Å². The van der Waals surface area contributed by atoms with Crippen molar-refractivity contribution in [2.75, 3.05) is 13.2 Å². The molecule has 0 aliphatic heterocycles. The number of carbonyl (C=O) groups excluding carboxylic acids is 2. The minimum absolute atomic E-state index is 0.137. The van der Waals surface area contributed by atoms with Crippen molar-refractivity contribution >= 4 is 23.4 Å². The number of ether oxygens (including phenoxy) is 1. The zero-order chi connectivity index (χ0) is 21.4. The lowest BCUT2D eigenvalue weighted by atomic mass is 10.1. The summed E-state index contributed by atoms with van der Waals surface area (Å²) in [5.74, 6) is 0.212. The van der Waals surface area contributed by atoms with Crippen LogP contribution in [-0.4, -0.2) is 35.9 Å². The average molecular weight is 417 g/mol. The second kappa shape index (κ2) is 10.9. The van der Waals surface area contributed by atoms with Crippen molar-refractivity contribution in [1.29, 1.82) is 0 Å². The van der Waals surface area contributed by atoms with Crippen LogP contribution in [-0.2, 0) is 16.1 Å². The van der Waals surface area contributed by atoms with Gasteiger partial charge in [-0.15, -0.1) is 0 Å². The average Bonchev–Trinajstić information content (AvgIpc) is 2.68. The van der Waals surface area contributed by atoms with Crippen LogP contribution >= 0.6 is 11.6 Å². The molecule has 1 N–H and O–H groups in total. The fraction of sp³-hybridized carbons (Fsp3) is 0.391. The van der Waals surface area contributed by atoms with Crippen LogP contribution in [0, 0.1) is 13.8 Å². The van der Waals surface area contributed by atoms with E-state index in [0.717, 1.165) is 23.1 Å². The van der Waals surface area contributed by atoms with Crippen molar-refractivity contribution in [3.63, 3.8) is 0 Å². The lowest BCUT2D eigenvalue weighted by Crippen LogP contribution is -2.49. The highest BCUT2D eigenvalue weighted by Crippen LogP contribution is 2.17. The Balaban J connectivity index is 2.14. The number of hydrogen-bond donors (Lipinski definition) is 1. The van der Waals surface area contributed by atoms with Crippen LogP contribution in [0.15, 0.2) is 42.5 Å². The van der Waals surface area contributed by atoms with Gasteiger partial charge in [0, 0.05) is 18.1 Å². The molecule has 0 heterocycles. The van der Waals surface area contributed by atoms with Gasteiger partial charge in [-0.2, -0.15) is 0 Å². The number of rotatable bonds is 9. The van der Waals surface area contributed by atoms with Gasteiger partial charge in [0.15, 0.2) is 6.61 Å². The molecular formula is C23H29ClN2O3. The number of carbonyl (C=O) groups is 2. The lowest BCUT2D eigenvalue weighted by Gasteiger charge is -2.28. The van der Waals surface area contributed by atoms with Gasteiger partial charge >= 0.3 is 0 Å². The van der Waals surface area contributed by atoms with E-state index in [0.29, 0.717) is 23.9 Å². The van der Waals surface area contributed by atoms with Gasteiger partial charge in [-0.05, 0) is 68.1 Å². The Kier molecular flexibility index (Phi) is 8.52. The molecule has 6 heteroatoms. The summed E-state index contributed by atoms with van der Waals surface area (Å²) in [4.78, 5) is 27.0. The van der Waals surface area contributed by atoms with E-state index in [1.807, 2.05) is 51.1 Å². The van der Waals surface area contributed by atoms with Crippen molar-refractivity contribution in [1.82, 2.24) is 10.2 Å². The SMILES string of the molecule is CCCNC(=O)C(C)N(Cc1ccc(Cl)cc1)C(=O)COc1cc(C)cc(C)c1. The molecule has 2 amide bonds. The number of benzene rings is 2. The summed E-state index contributed by atoms with van der Waals surface area (Å²) in [6.45, 7) is 8.41. The Labute approximate surface area is 178 Å². The highest BCUT2D eigenvalue weighted by molar-refractivity contribution is 6.30. The molecule has 0 radical (unpaired) electrons. The van der Waals surface area contributed by atoms with Crippen molar-refractivity contribution in [3.8, 4) is 5.75 Å². The quantitative estimate of drug-likeness (QED) is 0.663. The summed E-state index contributed by atoms with van der Waals surface area (Å²) in [5, 5.41) is 3.48. The summed E-state index contributed by atoms with van der Waals surface area (Å²) in [6, 6.07) is 12.5. The number of nitrogens with zero attached hydrogens (tertiary/aromatic N) is 1. The Morgan fingerprint density at radius 2 is 1.72 bits per heavy atom. The molecule has 0 bridgehead atoms. The molecule has 1 unspecified atom stereocenters. The molecule has 2 rings (SSSR count). The highest BCUT2D eigenvalue weighted by atomic mass is 35.5. The maximum absolute atomic E-state index is 13.0. The first kappa shape index (κ1) is 22.8.